The predicted molar refractivity (Wildman–Crippen MR) is 62.2 cm³/mol. The molecule has 5 heteroatoms. The molecule has 0 aliphatic carbocycles. The fourth-order valence-corrected chi connectivity index (χ4v) is 1.48. The predicted octanol–water partition coefficient (Wildman–Crippen LogP) is 1.10. The number of rotatable bonds is 2. The normalized spacial score (nSPS) is 10.7. The lowest BCUT2D eigenvalue weighted by Crippen LogP contribution is -2.19. The van der Waals surface area contributed by atoms with Crippen molar-refractivity contribution < 1.29 is 0 Å². The summed E-state index contributed by atoms with van der Waals surface area (Å²) in [4.78, 5) is 16.2. The van der Waals surface area contributed by atoms with E-state index < -0.39 is 0 Å². The van der Waals surface area contributed by atoms with Crippen LogP contribution in [0.2, 0.25) is 0 Å². The van der Waals surface area contributed by atoms with E-state index in [-0.39, 0.29) is 5.56 Å². The molecule has 0 spiro atoms. The van der Waals surface area contributed by atoms with Crippen LogP contribution in [0.15, 0.2) is 29.0 Å². The van der Waals surface area contributed by atoms with Gasteiger partial charge in [0.25, 0.3) is 5.56 Å². The Bertz CT molecular complexity index is 602. The van der Waals surface area contributed by atoms with E-state index in [0.29, 0.717) is 17.6 Å². The van der Waals surface area contributed by atoms with Crippen LogP contribution >= 0.6 is 0 Å². The lowest BCUT2D eigenvalue weighted by atomic mass is 10.3. The average Bonchev–Trinajstić information content (AvgIpc) is 2.60. The van der Waals surface area contributed by atoms with E-state index in [9.17, 15) is 4.79 Å². The summed E-state index contributed by atoms with van der Waals surface area (Å²) >= 11 is 0. The van der Waals surface area contributed by atoms with Crippen LogP contribution in [0.5, 0.6) is 0 Å². The third-order valence-corrected chi connectivity index (χ3v) is 2.41. The molecular weight excluding hydrogens is 204 g/mol. The van der Waals surface area contributed by atoms with Crippen molar-refractivity contribution in [2.45, 2.75) is 20.4 Å². The fourth-order valence-electron chi connectivity index (χ4n) is 1.48. The second-order valence-electron chi connectivity index (χ2n) is 3.99. The molecule has 0 unspecified atom stereocenters. The number of hydrogen-bond donors (Lipinski definition) is 0. The number of hydrogen-bond acceptors (Lipinski definition) is 3. The van der Waals surface area contributed by atoms with Gasteiger partial charge in [-0.3, -0.25) is 14.0 Å². The van der Waals surface area contributed by atoms with Gasteiger partial charge in [0, 0.05) is 13.6 Å². The van der Waals surface area contributed by atoms with Gasteiger partial charge in [0.1, 0.15) is 11.7 Å². The zero-order valence-electron chi connectivity index (χ0n) is 9.64. The van der Waals surface area contributed by atoms with Crippen molar-refractivity contribution in [2.24, 2.45) is 7.05 Å². The van der Waals surface area contributed by atoms with Gasteiger partial charge in [-0.25, -0.2) is 4.98 Å². The summed E-state index contributed by atoms with van der Waals surface area (Å²) in [6, 6.07) is 0. The third kappa shape index (κ3) is 1.76. The summed E-state index contributed by atoms with van der Waals surface area (Å²) in [5.74, 6) is 0. The maximum absolute atomic E-state index is 12.0. The molecule has 0 amide bonds. The highest BCUT2D eigenvalue weighted by Crippen LogP contribution is 2.03. The summed E-state index contributed by atoms with van der Waals surface area (Å²) in [5.41, 5.74) is 1.76. The molecule has 0 N–H and O–H groups in total. The van der Waals surface area contributed by atoms with Crippen molar-refractivity contribution in [1.82, 2.24) is 19.3 Å². The number of aromatic nitrogens is 4. The van der Waals surface area contributed by atoms with Crippen LogP contribution in [0.4, 0.5) is 0 Å². The molecular formula is C11H14N4O. The average molecular weight is 218 g/mol. The Morgan fingerprint density at radius 3 is 2.94 bits per heavy atom. The molecule has 0 bridgehead atoms. The van der Waals surface area contributed by atoms with Gasteiger partial charge in [-0.15, -0.1) is 0 Å². The Morgan fingerprint density at radius 1 is 1.50 bits per heavy atom. The molecule has 0 saturated carbocycles. The van der Waals surface area contributed by atoms with Crippen LogP contribution in [0, 0.1) is 0 Å². The quantitative estimate of drug-likeness (QED) is 0.709. The van der Waals surface area contributed by atoms with Gasteiger partial charge >= 0.3 is 0 Å². The first-order chi connectivity index (χ1) is 7.59. The minimum Gasteiger partial charge on any atom is -0.295 e. The first-order valence-electron chi connectivity index (χ1n) is 5.10. The molecule has 84 valence electrons. The third-order valence-electron chi connectivity index (χ3n) is 2.41. The zero-order chi connectivity index (χ0) is 11.7. The van der Waals surface area contributed by atoms with E-state index in [4.69, 9.17) is 0 Å². The van der Waals surface area contributed by atoms with Gasteiger partial charge in [0.2, 0.25) is 0 Å². The Labute approximate surface area is 93.0 Å². The molecule has 0 aromatic carbocycles. The zero-order valence-corrected chi connectivity index (χ0v) is 9.64. The van der Waals surface area contributed by atoms with Gasteiger partial charge in [0.15, 0.2) is 5.65 Å². The molecule has 0 aliphatic rings. The van der Waals surface area contributed by atoms with Crippen LogP contribution in [0.1, 0.15) is 13.8 Å². The molecule has 0 fully saturated rings. The Morgan fingerprint density at radius 2 is 2.25 bits per heavy atom. The highest BCUT2D eigenvalue weighted by atomic mass is 16.1. The van der Waals surface area contributed by atoms with Crippen LogP contribution in [0.3, 0.4) is 0 Å². The van der Waals surface area contributed by atoms with E-state index in [2.05, 4.69) is 10.1 Å². The molecule has 2 rings (SSSR count). The second-order valence-corrected chi connectivity index (χ2v) is 3.99. The fraction of sp³-hybridized carbons (Fsp3) is 0.364. The monoisotopic (exact) mass is 218 g/mol. The van der Waals surface area contributed by atoms with E-state index in [1.165, 1.54) is 5.57 Å². The standard InChI is InChI=1S/C11H14N4O/c1-8(2)4-5-15-7-12-10-9(11(15)16)6-13-14(10)3/h4,6-7H,5H2,1-3H3. The summed E-state index contributed by atoms with van der Waals surface area (Å²) in [6.45, 7) is 4.56. The molecule has 0 aliphatic heterocycles. The van der Waals surface area contributed by atoms with Gasteiger partial charge in [-0.1, -0.05) is 11.6 Å². The van der Waals surface area contributed by atoms with E-state index in [1.54, 1.807) is 28.8 Å². The Balaban J connectivity index is 2.53. The maximum Gasteiger partial charge on any atom is 0.264 e. The molecule has 0 atom stereocenters. The molecule has 0 radical (unpaired) electrons. The first kappa shape index (κ1) is 10.6. The van der Waals surface area contributed by atoms with E-state index in [1.807, 2.05) is 19.9 Å². The van der Waals surface area contributed by atoms with Crippen molar-refractivity contribution >= 4 is 11.0 Å². The van der Waals surface area contributed by atoms with Gasteiger partial charge in [0.05, 0.1) is 6.20 Å². The molecule has 2 heterocycles. The molecule has 2 aromatic heterocycles. The topological polar surface area (TPSA) is 52.7 Å². The summed E-state index contributed by atoms with van der Waals surface area (Å²) in [5, 5.41) is 4.58. The van der Waals surface area contributed by atoms with Gasteiger partial charge in [-0.05, 0) is 13.8 Å². The van der Waals surface area contributed by atoms with Crippen LogP contribution in [0.25, 0.3) is 11.0 Å². The molecule has 2 aromatic rings. The molecule has 16 heavy (non-hydrogen) atoms. The van der Waals surface area contributed by atoms with Crippen molar-refractivity contribution in [3.63, 3.8) is 0 Å². The minimum atomic E-state index is -0.0457. The van der Waals surface area contributed by atoms with E-state index >= 15 is 0 Å². The highest BCUT2D eigenvalue weighted by molar-refractivity contribution is 5.72. The Kier molecular flexibility index (Phi) is 2.60. The summed E-state index contributed by atoms with van der Waals surface area (Å²) in [6.07, 6.45) is 5.11. The number of fused-ring (bicyclic) bond motifs is 1. The van der Waals surface area contributed by atoms with Gasteiger partial charge < -0.3 is 0 Å². The van der Waals surface area contributed by atoms with Gasteiger partial charge in [-0.2, -0.15) is 5.10 Å². The van der Waals surface area contributed by atoms with Crippen LogP contribution in [-0.2, 0) is 13.6 Å². The molecule has 0 saturated heterocycles. The van der Waals surface area contributed by atoms with Crippen molar-refractivity contribution in [2.75, 3.05) is 0 Å². The van der Waals surface area contributed by atoms with Crippen molar-refractivity contribution in [1.29, 1.82) is 0 Å². The summed E-state index contributed by atoms with van der Waals surface area (Å²) < 4.78 is 3.18. The summed E-state index contributed by atoms with van der Waals surface area (Å²) in [7, 11) is 1.77. The number of allylic oxidation sites excluding steroid dienone is 2. The maximum atomic E-state index is 12.0. The van der Waals surface area contributed by atoms with Crippen LogP contribution < -0.4 is 5.56 Å². The minimum absolute atomic E-state index is 0.0457. The highest BCUT2D eigenvalue weighted by Gasteiger charge is 2.06. The lowest BCUT2D eigenvalue weighted by molar-refractivity contribution is 0.748. The largest absolute Gasteiger partial charge is 0.295 e. The SMILES string of the molecule is CC(C)=CCn1cnc2c(cnn2C)c1=O. The second kappa shape index (κ2) is 3.92. The number of aryl methyl sites for hydroxylation is 1. The van der Waals surface area contributed by atoms with Crippen LogP contribution in [-0.4, -0.2) is 19.3 Å². The van der Waals surface area contributed by atoms with Crippen molar-refractivity contribution in [3.8, 4) is 0 Å². The smallest absolute Gasteiger partial charge is 0.264 e. The molecule has 5 nitrogen and oxygen atoms in total. The number of nitrogens with zero attached hydrogens (tertiary/aromatic N) is 4. The first-order valence-corrected chi connectivity index (χ1v) is 5.10. The van der Waals surface area contributed by atoms with Crippen molar-refractivity contribution in [3.05, 3.63) is 34.5 Å². The lowest BCUT2D eigenvalue weighted by Gasteiger charge is -2.01. The van der Waals surface area contributed by atoms with E-state index in [0.717, 1.165) is 0 Å². The Hall–Kier alpha value is -1.91.